The van der Waals surface area contributed by atoms with Gasteiger partial charge in [0.2, 0.25) is 5.91 Å². The Morgan fingerprint density at radius 3 is 2.31 bits per heavy atom. The van der Waals surface area contributed by atoms with E-state index in [1.165, 1.54) is 36.2 Å². The van der Waals surface area contributed by atoms with Crippen LogP contribution in [0.15, 0.2) is 24.3 Å². The third-order valence-corrected chi connectivity index (χ3v) is 4.48. The van der Waals surface area contributed by atoms with Crippen molar-refractivity contribution in [2.24, 2.45) is 0 Å². The Labute approximate surface area is 92.6 Å². The summed E-state index contributed by atoms with van der Waals surface area (Å²) < 4.78 is 36.1. The number of benzene rings is 1. The molecule has 1 unspecified atom stereocenters. The van der Waals surface area contributed by atoms with Gasteiger partial charge in [-0.05, 0) is 17.7 Å². The number of amides is 1. The first kappa shape index (κ1) is 11.1. The van der Waals surface area contributed by atoms with E-state index in [1.54, 1.807) is 0 Å². The molecular weight excluding hydrogens is 233 g/mol. The normalized spacial score (nSPS) is 23.8. The van der Waals surface area contributed by atoms with Gasteiger partial charge in [0.15, 0.2) is 15.2 Å². The predicted octanol–water partition coefficient (Wildman–Crippen LogP) is 0.711. The molecule has 6 heteroatoms. The van der Waals surface area contributed by atoms with Crippen LogP contribution in [0.25, 0.3) is 0 Å². The molecular formula is C10H10FNO3S. The number of hydrogen-bond acceptors (Lipinski definition) is 3. The maximum atomic E-state index is 12.7. The zero-order valence-electron chi connectivity index (χ0n) is 8.55. The van der Waals surface area contributed by atoms with Gasteiger partial charge in [0.1, 0.15) is 11.6 Å². The van der Waals surface area contributed by atoms with Crippen LogP contribution in [0.3, 0.4) is 0 Å². The maximum Gasteiger partial charge on any atom is 0.238 e. The van der Waals surface area contributed by atoms with Crippen LogP contribution in [-0.4, -0.2) is 32.0 Å². The molecule has 4 nitrogen and oxygen atoms in total. The average Bonchev–Trinajstić information content (AvgIpc) is 2.39. The third kappa shape index (κ3) is 1.69. The van der Waals surface area contributed by atoms with Crippen LogP contribution in [0.2, 0.25) is 0 Å². The van der Waals surface area contributed by atoms with E-state index < -0.39 is 32.7 Å². The van der Waals surface area contributed by atoms with Crippen molar-refractivity contribution in [3.05, 3.63) is 35.6 Å². The second-order valence-corrected chi connectivity index (χ2v) is 5.78. The highest BCUT2D eigenvalue weighted by molar-refractivity contribution is 7.92. The van der Waals surface area contributed by atoms with Gasteiger partial charge in [0.25, 0.3) is 0 Å². The lowest BCUT2D eigenvalue weighted by Crippen LogP contribution is -2.24. The van der Waals surface area contributed by atoms with Crippen molar-refractivity contribution < 1.29 is 17.6 Å². The van der Waals surface area contributed by atoms with Crippen molar-refractivity contribution in [3.63, 3.8) is 0 Å². The maximum absolute atomic E-state index is 12.7. The first-order valence-corrected chi connectivity index (χ1v) is 6.36. The van der Waals surface area contributed by atoms with Gasteiger partial charge in [0.05, 0.1) is 0 Å². The minimum Gasteiger partial charge on any atom is -0.324 e. The van der Waals surface area contributed by atoms with Crippen molar-refractivity contribution in [3.8, 4) is 0 Å². The van der Waals surface area contributed by atoms with Crippen molar-refractivity contribution >= 4 is 15.7 Å². The number of carbonyl (C=O) groups is 1. The molecule has 1 heterocycles. The SMILES string of the molecule is CN1C(=O)CS(=O)(=O)C1c1ccc(F)cc1. The Kier molecular flexibility index (Phi) is 2.46. The summed E-state index contributed by atoms with van der Waals surface area (Å²) in [5, 5.41) is -0.986. The Bertz CT molecular complexity index is 524. The van der Waals surface area contributed by atoms with E-state index in [0.717, 1.165) is 0 Å². The van der Waals surface area contributed by atoms with Gasteiger partial charge in [-0.15, -0.1) is 0 Å². The first-order chi connectivity index (χ1) is 7.42. The molecule has 1 amide bonds. The van der Waals surface area contributed by atoms with Crippen molar-refractivity contribution in [1.29, 1.82) is 0 Å². The second-order valence-electron chi connectivity index (χ2n) is 3.72. The number of nitrogens with zero attached hydrogens (tertiary/aromatic N) is 1. The molecule has 1 fully saturated rings. The van der Waals surface area contributed by atoms with Gasteiger partial charge >= 0.3 is 0 Å². The molecule has 0 bridgehead atoms. The van der Waals surface area contributed by atoms with E-state index in [4.69, 9.17) is 0 Å². The number of sulfone groups is 1. The van der Waals surface area contributed by atoms with Crippen LogP contribution in [-0.2, 0) is 14.6 Å². The van der Waals surface area contributed by atoms with Crippen molar-refractivity contribution in [2.45, 2.75) is 5.37 Å². The van der Waals surface area contributed by atoms with Gasteiger partial charge < -0.3 is 4.90 Å². The molecule has 2 rings (SSSR count). The molecule has 0 radical (unpaired) electrons. The Hall–Kier alpha value is -1.43. The summed E-state index contributed by atoms with van der Waals surface area (Å²) in [5.41, 5.74) is 0.412. The summed E-state index contributed by atoms with van der Waals surface area (Å²) >= 11 is 0. The van der Waals surface area contributed by atoms with E-state index >= 15 is 0 Å². The van der Waals surface area contributed by atoms with Gasteiger partial charge in [-0.3, -0.25) is 4.79 Å². The standard InChI is InChI=1S/C10H10FNO3S/c1-12-9(13)6-16(14,15)10(12)7-2-4-8(11)5-3-7/h2-5,10H,6H2,1H3. The summed E-state index contributed by atoms with van der Waals surface area (Å²) in [6.45, 7) is 0. The zero-order valence-corrected chi connectivity index (χ0v) is 9.37. The highest BCUT2D eigenvalue weighted by Gasteiger charge is 2.42. The largest absolute Gasteiger partial charge is 0.324 e. The molecule has 0 N–H and O–H groups in total. The summed E-state index contributed by atoms with van der Waals surface area (Å²) in [6, 6.07) is 5.13. The number of halogens is 1. The summed E-state index contributed by atoms with van der Waals surface area (Å²) in [4.78, 5) is 12.5. The molecule has 0 aliphatic carbocycles. The molecule has 16 heavy (non-hydrogen) atoms. The molecule has 1 aromatic carbocycles. The lowest BCUT2D eigenvalue weighted by Gasteiger charge is -2.18. The molecule has 0 aromatic heterocycles. The quantitative estimate of drug-likeness (QED) is 0.730. The topological polar surface area (TPSA) is 54.5 Å². The van der Waals surface area contributed by atoms with E-state index in [9.17, 15) is 17.6 Å². The monoisotopic (exact) mass is 243 g/mol. The molecule has 1 atom stereocenters. The molecule has 1 aliphatic rings. The van der Waals surface area contributed by atoms with Crippen LogP contribution in [0.5, 0.6) is 0 Å². The Morgan fingerprint density at radius 1 is 1.31 bits per heavy atom. The Balaban J connectivity index is 2.47. The lowest BCUT2D eigenvalue weighted by molar-refractivity contribution is -0.126. The number of rotatable bonds is 1. The predicted molar refractivity (Wildman–Crippen MR) is 55.7 cm³/mol. The highest BCUT2D eigenvalue weighted by Crippen LogP contribution is 2.31. The minimum absolute atomic E-state index is 0.412. The van der Waals surface area contributed by atoms with Gasteiger partial charge in [-0.25, -0.2) is 12.8 Å². The summed E-state index contributed by atoms with van der Waals surface area (Å²) in [5.74, 6) is -1.35. The van der Waals surface area contributed by atoms with Crippen LogP contribution >= 0.6 is 0 Å². The smallest absolute Gasteiger partial charge is 0.238 e. The zero-order chi connectivity index (χ0) is 11.9. The van der Waals surface area contributed by atoms with Crippen LogP contribution in [0.4, 0.5) is 4.39 Å². The van der Waals surface area contributed by atoms with Crippen LogP contribution in [0.1, 0.15) is 10.9 Å². The Morgan fingerprint density at radius 2 is 1.88 bits per heavy atom. The molecule has 1 aromatic rings. The number of hydrogen-bond donors (Lipinski definition) is 0. The van der Waals surface area contributed by atoms with Crippen LogP contribution < -0.4 is 0 Å². The highest BCUT2D eigenvalue weighted by atomic mass is 32.2. The van der Waals surface area contributed by atoms with Crippen LogP contribution in [0, 0.1) is 5.82 Å². The van der Waals surface area contributed by atoms with Gasteiger partial charge in [-0.1, -0.05) is 12.1 Å². The summed E-state index contributed by atoms with van der Waals surface area (Å²) in [6.07, 6.45) is 0. The molecule has 1 saturated heterocycles. The summed E-state index contributed by atoms with van der Waals surface area (Å²) in [7, 11) is -2.07. The van der Waals surface area contributed by atoms with E-state index in [0.29, 0.717) is 5.56 Å². The fourth-order valence-corrected chi connectivity index (χ4v) is 3.66. The minimum atomic E-state index is -3.50. The van der Waals surface area contributed by atoms with Gasteiger partial charge in [0, 0.05) is 7.05 Å². The van der Waals surface area contributed by atoms with Crippen molar-refractivity contribution in [1.82, 2.24) is 4.90 Å². The molecule has 1 aliphatic heterocycles. The van der Waals surface area contributed by atoms with Crippen molar-refractivity contribution in [2.75, 3.05) is 12.8 Å². The number of carbonyl (C=O) groups excluding carboxylic acids is 1. The second kappa shape index (κ2) is 3.55. The average molecular weight is 243 g/mol. The van der Waals surface area contributed by atoms with E-state index in [2.05, 4.69) is 0 Å². The first-order valence-electron chi connectivity index (χ1n) is 4.64. The fraction of sp³-hybridized carbons (Fsp3) is 0.300. The fourth-order valence-electron chi connectivity index (χ4n) is 1.78. The lowest BCUT2D eigenvalue weighted by atomic mass is 10.2. The molecule has 86 valence electrons. The molecule has 0 saturated carbocycles. The third-order valence-electron chi connectivity index (χ3n) is 2.57. The van der Waals surface area contributed by atoms with E-state index in [-0.39, 0.29) is 0 Å². The van der Waals surface area contributed by atoms with E-state index in [1.807, 2.05) is 0 Å². The van der Waals surface area contributed by atoms with Gasteiger partial charge in [-0.2, -0.15) is 0 Å². The molecule has 0 spiro atoms.